The van der Waals surface area contributed by atoms with Crippen LogP contribution in [0.4, 0.5) is 5.69 Å². The number of carbonyl (C=O) groups is 1. The highest BCUT2D eigenvalue weighted by Crippen LogP contribution is 2.23. The molecule has 0 saturated carbocycles. The van der Waals surface area contributed by atoms with E-state index < -0.39 is 10.0 Å². The highest BCUT2D eigenvalue weighted by molar-refractivity contribution is 7.92. The van der Waals surface area contributed by atoms with Gasteiger partial charge in [0, 0.05) is 0 Å². The minimum Gasteiger partial charge on any atom is -0.348 e. The molecule has 0 aliphatic rings. The average molecular weight is 389 g/mol. The number of anilines is 1. The summed E-state index contributed by atoms with van der Waals surface area (Å²) in [6.45, 7) is 7.68. The lowest BCUT2D eigenvalue weighted by atomic mass is 10.0. The molecule has 2 aromatic rings. The lowest BCUT2D eigenvalue weighted by Crippen LogP contribution is -2.41. The molecule has 2 rings (SSSR count). The van der Waals surface area contributed by atoms with Crippen molar-refractivity contribution in [3.8, 4) is 0 Å². The topological polar surface area (TPSA) is 66.5 Å². The third-order valence-corrected chi connectivity index (χ3v) is 5.86. The molecule has 0 heterocycles. The van der Waals surface area contributed by atoms with Crippen molar-refractivity contribution in [2.45, 2.75) is 40.2 Å². The van der Waals surface area contributed by atoms with E-state index in [1.54, 1.807) is 12.1 Å². The van der Waals surface area contributed by atoms with Gasteiger partial charge in [0.25, 0.3) is 0 Å². The van der Waals surface area contributed by atoms with Crippen LogP contribution in [0.15, 0.2) is 42.5 Å². The van der Waals surface area contributed by atoms with Gasteiger partial charge in [-0.2, -0.15) is 0 Å². The summed E-state index contributed by atoms with van der Waals surface area (Å²) in [6.07, 6.45) is 1.81. The number of hydrogen-bond donors (Lipinski definition) is 1. The Kier molecular flexibility index (Phi) is 6.65. The second-order valence-electron chi connectivity index (χ2n) is 6.88. The molecule has 146 valence electrons. The Morgan fingerprint density at radius 2 is 1.78 bits per heavy atom. The number of aryl methyl sites for hydroxylation is 3. The van der Waals surface area contributed by atoms with Gasteiger partial charge in [-0.1, -0.05) is 43.3 Å². The van der Waals surface area contributed by atoms with Crippen LogP contribution in [0.5, 0.6) is 0 Å². The summed E-state index contributed by atoms with van der Waals surface area (Å²) in [5.41, 5.74) is 4.78. The molecule has 0 bridgehead atoms. The molecule has 2 aromatic carbocycles. The number of nitrogens with zero attached hydrogens (tertiary/aromatic N) is 1. The number of sulfonamides is 1. The van der Waals surface area contributed by atoms with Crippen molar-refractivity contribution in [3.05, 3.63) is 64.7 Å². The Hall–Kier alpha value is -2.34. The zero-order valence-electron chi connectivity index (χ0n) is 16.6. The van der Waals surface area contributed by atoms with Gasteiger partial charge in [-0.15, -0.1) is 0 Å². The minimum atomic E-state index is -3.59. The molecular weight excluding hydrogens is 360 g/mol. The highest BCUT2D eigenvalue weighted by atomic mass is 32.2. The van der Waals surface area contributed by atoms with Crippen LogP contribution in [-0.4, -0.2) is 27.1 Å². The first-order valence-electron chi connectivity index (χ1n) is 9.05. The molecule has 1 amide bonds. The summed E-state index contributed by atoms with van der Waals surface area (Å²) in [4.78, 5) is 12.6. The SMILES string of the molecule is CCc1ccccc1N(CC(=O)N[C@@H](C)c1ccc(C)c(C)c1)S(C)(=O)=O. The summed E-state index contributed by atoms with van der Waals surface area (Å²) in [6, 6.07) is 13.1. The van der Waals surface area contributed by atoms with Crippen LogP contribution in [0.2, 0.25) is 0 Å². The molecule has 0 aromatic heterocycles. The Balaban J connectivity index is 2.20. The lowest BCUT2D eigenvalue weighted by molar-refractivity contribution is -0.120. The second-order valence-corrected chi connectivity index (χ2v) is 8.79. The third-order valence-electron chi connectivity index (χ3n) is 4.74. The Morgan fingerprint density at radius 3 is 2.37 bits per heavy atom. The van der Waals surface area contributed by atoms with Crippen LogP contribution in [0.3, 0.4) is 0 Å². The van der Waals surface area contributed by atoms with E-state index in [1.807, 2.05) is 58.0 Å². The van der Waals surface area contributed by atoms with Crippen molar-refractivity contribution in [1.29, 1.82) is 0 Å². The fraction of sp³-hybridized carbons (Fsp3) is 0.381. The van der Waals surface area contributed by atoms with Crippen LogP contribution in [0.25, 0.3) is 0 Å². The molecule has 27 heavy (non-hydrogen) atoms. The smallest absolute Gasteiger partial charge is 0.241 e. The van der Waals surface area contributed by atoms with E-state index in [0.717, 1.165) is 22.9 Å². The maximum atomic E-state index is 12.6. The van der Waals surface area contributed by atoms with E-state index in [2.05, 4.69) is 5.32 Å². The molecule has 1 atom stereocenters. The standard InChI is InChI=1S/C21H28N2O3S/c1-6-18-9-7-8-10-20(18)23(27(5,25)26)14-21(24)22-17(4)19-12-11-15(2)16(3)13-19/h7-13,17H,6,14H2,1-5H3,(H,22,24)/t17-/m0/s1. The predicted molar refractivity (Wildman–Crippen MR) is 110 cm³/mol. The lowest BCUT2D eigenvalue weighted by Gasteiger charge is -2.25. The summed E-state index contributed by atoms with van der Waals surface area (Å²) >= 11 is 0. The number of rotatable bonds is 7. The van der Waals surface area contributed by atoms with Crippen LogP contribution in [-0.2, 0) is 21.2 Å². The molecule has 0 unspecified atom stereocenters. The average Bonchev–Trinajstić information content (AvgIpc) is 2.61. The van der Waals surface area contributed by atoms with Gasteiger partial charge in [0.05, 0.1) is 18.0 Å². The van der Waals surface area contributed by atoms with Crippen LogP contribution >= 0.6 is 0 Å². The summed E-state index contributed by atoms with van der Waals surface area (Å²) in [5, 5.41) is 2.91. The van der Waals surface area contributed by atoms with Gasteiger partial charge < -0.3 is 5.32 Å². The normalized spacial score (nSPS) is 12.5. The Labute approximate surface area is 162 Å². The van der Waals surface area contributed by atoms with E-state index in [-0.39, 0.29) is 18.5 Å². The zero-order chi connectivity index (χ0) is 20.2. The molecule has 1 N–H and O–H groups in total. The van der Waals surface area contributed by atoms with Gasteiger partial charge in [0.15, 0.2) is 0 Å². The summed E-state index contributed by atoms with van der Waals surface area (Å²) in [7, 11) is -3.59. The first-order chi connectivity index (χ1) is 12.6. The van der Waals surface area contributed by atoms with Gasteiger partial charge in [-0.3, -0.25) is 9.10 Å². The number of para-hydroxylation sites is 1. The molecule has 6 heteroatoms. The number of benzene rings is 2. The number of amides is 1. The maximum Gasteiger partial charge on any atom is 0.241 e. The van der Waals surface area contributed by atoms with Crippen molar-refractivity contribution in [3.63, 3.8) is 0 Å². The molecular formula is C21H28N2O3S. The molecule has 0 spiro atoms. The summed E-state index contributed by atoms with van der Waals surface area (Å²) in [5.74, 6) is -0.336. The number of carbonyl (C=O) groups excluding carboxylic acids is 1. The number of hydrogen-bond acceptors (Lipinski definition) is 3. The van der Waals surface area contributed by atoms with E-state index in [0.29, 0.717) is 12.1 Å². The quantitative estimate of drug-likeness (QED) is 0.789. The largest absolute Gasteiger partial charge is 0.348 e. The van der Waals surface area contributed by atoms with Crippen molar-refractivity contribution in [2.75, 3.05) is 17.1 Å². The van der Waals surface area contributed by atoms with E-state index >= 15 is 0 Å². The van der Waals surface area contributed by atoms with Crippen LogP contribution < -0.4 is 9.62 Å². The van der Waals surface area contributed by atoms with Gasteiger partial charge in [0.2, 0.25) is 15.9 Å². The van der Waals surface area contributed by atoms with Crippen LogP contribution in [0.1, 0.15) is 42.1 Å². The van der Waals surface area contributed by atoms with Crippen molar-refractivity contribution < 1.29 is 13.2 Å². The molecule has 0 radical (unpaired) electrons. The van der Waals surface area contributed by atoms with Gasteiger partial charge in [0.1, 0.15) is 6.54 Å². The molecule has 0 saturated heterocycles. The highest BCUT2D eigenvalue weighted by Gasteiger charge is 2.23. The molecule has 0 aliphatic heterocycles. The zero-order valence-corrected chi connectivity index (χ0v) is 17.4. The van der Waals surface area contributed by atoms with E-state index in [4.69, 9.17) is 0 Å². The summed E-state index contributed by atoms with van der Waals surface area (Å²) < 4.78 is 25.8. The third kappa shape index (κ3) is 5.32. The fourth-order valence-electron chi connectivity index (χ4n) is 2.97. The first-order valence-corrected chi connectivity index (χ1v) is 10.9. The number of nitrogens with one attached hydrogen (secondary N) is 1. The predicted octanol–water partition coefficient (Wildman–Crippen LogP) is 3.51. The Morgan fingerprint density at radius 1 is 1.11 bits per heavy atom. The van der Waals surface area contributed by atoms with Crippen molar-refractivity contribution in [2.24, 2.45) is 0 Å². The molecule has 0 aliphatic carbocycles. The van der Waals surface area contributed by atoms with Crippen molar-refractivity contribution in [1.82, 2.24) is 5.32 Å². The van der Waals surface area contributed by atoms with E-state index in [1.165, 1.54) is 9.87 Å². The minimum absolute atomic E-state index is 0.209. The van der Waals surface area contributed by atoms with Crippen molar-refractivity contribution >= 4 is 21.6 Å². The fourth-order valence-corrected chi connectivity index (χ4v) is 3.86. The van der Waals surface area contributed by atoms with E-state index in [9.17, 15) is 13.2 Å². The van der Waals surface area contributed by atoms with Gasteiger partial charge >= 0.3 is 0 Å². The Bertz CT molecular complexity index is 923. The van der Waals surface area contributed by atoms with Gasteiger partial charge in [-0.25, -0.2) is 8.42 Å². The molecule has 0 fully saturated rings. The first kappa shape index (κ1) is 21.0. The second kappa shape index (κ2) is 8.57. The maximum absolute atomic E-state index is 12.6. The van der Waals surface area contributed by atoms with Gasteiger partial charge in [-0.05, 0) is 55.5 Å². The molecule has 5 nitrogen and oxygen atoms in total. The monoisotopic (exact) mass is 388 g/mol. The van der Waals surface area contributed by atoms with Crippen LogP contribution in [0, 0.1) is 13.8 Å².